The number of aryl methyl sites for hydroxylation is 1. The minimum Gasteiger partial charge on any atom is -0.448 e. The molecule has 2 N–H and O–H groups in total. The van der Waals surface area contributed by atoms with Gasteiger partial charge in [-0.05, 0) is 49.6 Å². The van der Waals surface area contributed by atoms with Crippen LogP contribution in [0.2, 0.25) is 0 Å². The first kappa shape index (κ1) is 19.0. The molecule has 8 heteroatoms. The molecule has 0 aliphatic heterocycles. The van der Waals surface area contributed by atoms with Crippen molar-refractivity contribution in [3.63, 3.8) is 0 Å². The smallest absolute Gasteiger partial charge is 0.297 e. The maximum absolute atomic E-state index is 12.8. The monoisotopic (exact) mass is 416 g/mol. The minimum absolute atomic E-state index is 0.00195. The fourth-order valence-corrected chi connectivity index (χ4v) is 3.50. The van der Waals surface area contributed by atoms with Crippen LogP contribution < -0.4 is 16.2 Å². The normalized spacial score (nSPS) is 13.5. The number of furan rings is 1. The Bertz CT molecular complexity index is 1400. The van der Waals surface area contributed by atoms with Crippen molar-refractivity contribution in [3.05, 3.63) is 64.7 Å². The van der Waals surface area contributed by atoms with Gasteiger partial charge in [-0.2, -0.15) is 0 Å². The van der Waals surface area contributed by atoms with Gasteiger partial charge in [0.1, 0.15) is 17.6 Å². The number of rotatable bonds is 5. The van der Waals surface area contributed by atoms with Gasteiger partial charge in [0, 0.05) is 22.7 Å². The van der Waals surface area contributed by atoms with Crippen LogP contribution in [0, 0.1) is 12.8 Å². The maximum Gasteiger partial charge on any atom is 0.297 e. The van der Waals surface area contributed by atoms with E-state index < -0.39 is 5.56 Å². The van der Waals surface area contributed by atoms with Gasteiger partial charge >= 0.3 is 0 Å². The number of fused-ring (bicyclic) bond motifs is 3. The van der Waals surface area contributed by atoms with Crippen LogP contribution in [0.4, 0.5) is 11.4 Å². The van der Waals surface area contributed by atoms with Crippen molar-refractivity contribution < 1.29 is 14.0 Å². The summed E-state index contributed by atoms with van der Waals surface area (Å²) in [5, 5.41) is 6.44. The topological polar surface area (TPSA) is 106 Å². The molecule has 0 atom stereocenters. The van der Waals surface area contributed by atoms with Crippen LogP contribution in [-0.2, 0) is 16.1 Å². The summed E-state index contributed by atoms with van der Waals surface area (Å²) >= 11 is 0. The summed E-state index contributed by atoms with van der Waals surface area (Å²) in [6, 6.07) is 12.6. The molecule has 1 aliphatic rings. The molecule has 0 spiro atoms. The van der Waals surface area contributed by atoms with Crippen LogP contribution in [0.3, 0.4) is 0 Å². The van der Waals surface area contributed by atoms with Crippen molar-refractivity contribution in [3.8, 4) is 0 Å². The van der Waals surface area contributed by atoms with E-state index in [4.69, 9.17) is 4.42 Å². The van der Waals surface area contributed by atoms with Crippen molar-refractivity contribution in [1.82, 2.24) is 9.55 Å². The van der Waals surface area contributed by atoms with Gasteiger partial charge in [-0.15, -0.1) is 0 Å². The summed E-state index contributed by atoms with van der Waals surface area (Å²) in [5.41, 5.74) is 2.80. The Morgan fingerprint density at radius 2 is 1.97 bits per heavy atom. The van der Waals surface area contributed by atoms with Gasteiger partial charge < -0.3 is 15.1 Å². The highest BCUT2D eigenvalue weighted by molar-refractivity contribution is 6.02. The average Bonchev–Trinajstić information content (AvgIpc) is 3.54. The second kappa shape index (κ2) is 7.39. The van der Waals surface area contributed by atoms with Crippen LogP contribution in [0.25, 0.3) is 22.1 Å². The third-order valence-corrected chi connectivity index (χ3v) is 5.39. The molecule has 1 fully saturated rings. The third kappa shape index (κ3) is 3.68. The van der Waals surface area contributed by atoms with E-state index in [2.05, 4.69) is 15.6 Å². The predicted molar refractivity (Wildman–Crippen MR) is 117 cm³/mol. The largest absolute Gasteiger partial charge is 0.448 e. The molecule has 0 radical (unpaired) electrons. The van der Waals surface area contributed by atoms with Crippen molar-refractivity contribution in [2.24, 2.45) is 5.92 Å². The maximum atomic E-state index is 12.8. The number of amides is 2. The summed E-state index contributed by atoms with van der Waals surface area (Å²) in [4.78, 5) is 41.7. The fourth-order valence-electron chi connectivity index (χ4n) is 3.50. The molecule has 31 heavy (non-hydrogen) atoms. The summed E-state index contributed by atoms with van der Waals surface area (Å²) in [7, 11) is 0. The quantitative estimate of drug-likeness (QED) is 0.518. The lowest BCUT2D eigenvalue weighted by molar-refractivity contribution is -0.117. The van der Waals surface area contributed by atoms with Crippen LogP contribution >= 0.6 is 0 Å². The van der Waals surface area contributed by atoms with Gasteiger partial charge in [-0.1, -0.05) is 18.2 Å². The molecular formula is C23H20N4O4. The lowest BCUT2D eigenvalue weighted by Crippen LogP contribution is -2.27. The summed E-state index contributed by atoms with van der Waals surface area (Å²) in [6.45, 7) is 1.65. The Hall–Kier alpha value is -3.94. The first-order chi connectivity index (χ1) is 15.0. The SMILES string of the molecule is Cc1ccc(NC(=O)C2CC2)cc1NC(=O)Cn1cnc2c(oc3ccccc32)c1=O. The first-order valence-electron chi connectivity index (χ1n) is 10.1. The molecule has 5 rings (SSSR count). The second-order valence-corrected chi connectivity index (χ2v) is 7.79. The van der Waals surface area contributed by atoms with E-state index >= 15 is 0 Å². The number of nitrogens with zero attached hydrogens (tertiary/aromatic N) is 2. The molecule has 2 amide bonds. The lowest BCUT2D eigenvalue weighted by Gasteiger charge is -2.12. The highest BCUT2D eigenvalue weighted by Gasteiger charge is 2.29. The van der Waals surface area contributed by atoms with Gasteiger partial charge in [0.25, 0.3) is 5.56 Å². The van der Waals surface area contributed by atoms with Crippen molar-refractivity contribution in [2.45, 2.75) is 26.3 Å². The molecule has 0 unspecified atom stereocenters. The van der Waals surface area contributed by atoms with Gasteiger partial charge in [-0.25, -0.2) is 4.98 Å². The standard InChI is InChI=1S/C23H20N4O4/c1-13-6-9-15(25-22(29)14-7-8-14)10-17(13)26-19(28)11-27-12-24-20-16-4-2-3-5-18(16)31-21(20)23(27)30/h2-6,9-10,12,14H,7-8,11H2,1H3,(H,25,29)(H,26,28). The highest BCUT2D eigenvalue weighted by atomic mass is 16.3. The van der Waals surface area contributed by atoms with Crippen molar-refractivity contribution in [2.75, 3.05) is 10.6 Å². The fraction of sp³-hybridized carbons (Fsp3) is 0.217. The zero-order valence-electron chi connectivity index (χ0n) is 16.8. The zero-order chi connectivity index (χ0) is 21.5. The predicted octanol–water partition coefficient (Wildman–Crippen LogP) is 3.44. The van der Waals surface area contributed by atoms with E-state index in [1.165, 1.54) is 10.9 Å². The number of carbonyl (C=O) groups is 2. The summed E-state index contributed by atoms with van der Waals surface area (Å²) in [6.07, 6.45) is 3.19. The van der Waals surface area contributed by atoms with E-state index in [0.717, 1.165) is 23.8 Å². The molecule has 0 bridgehead atoms. The van der Waals surface area contributed by atoms with E-state index in [0.29, 0.717) is 22.5 Å². The number of hydrogen-bond donors (Lipinski definition) is 2. The van der Waals surface area contributed by atoms with Gasteiger partial charge in [0.15, 0.2) is 0 Å². The summed E-state index contributed by atoms with van der Waals surface area (Å²) in [5.74, 6) is -0.294. The zero-order valence-corrected chi connectivity index (χ0v) is 16.8. The highest BCUT2D eigenvalue weighted by Crippen LogP contribution is 2.31. The van der Waals surface area contributed by atoms with Gasteiger partial charge in [0.2, 0.25) is 17.4 Å². The molecule has 1 aliphatic carbocycles. The van der Waals surface area contributed by atoms with Crippen LogP contribution in [-0.4, -0.2) is 21.4 Å². The number of aromatic nitrogens is 2. The van der Waals surface area contributed by atoms with Crippen molar-refractivity contribution >= 4 is 45.3 Å². The number of benzene rings is 2. The number of hydrogen-bond acceptors (Lipinski definition) is 5. The second-order valence-electron chi connectivity index (χ2n) is 7.79. The van der Waals surface area contributed by atoms with E-state index in [1.54, 1.807) is 18.2 Å². The van der Waals surface area contributed by atoms with Crippen LogP contribution in [0.1, 0.15) is 18.4 Å². The number of carbonyl (C=O) groups excluding carboxylic acids is 2. The Morgan fingerprint density at radius 1 is 1.16 bits per heavy atom. The minimum atomic E-state index is -0.418. The Kier molecular flexibility index (Phi) is 4.54. The van der Waals surface area contributed by atoms with Crippen LogP contribution in [0.15, 0.2) is 58.0 Å². The Morgan fingerprint density at radius 3 is 2.77 bits per heavy atom. The average molecular weight is 416 g/mol. The summed E-state index contributed by atoms with van der Waals surface area (Å²) < 4.78 is 6.87. The van der Waals surface area contributed by atoms with E-state index in [9.17, 15) is 14.4 Å². The number of para-hydroxylation sites is 1. The van der Waals surface area contributed by atoms with E-state index in [-0.39, 0.29) is 29.9 Å². The van der Waals surface area contributed by atoms with Crippen LogP contribution in [0.5, 0.6) is 0 Å². The molecular weight excluding hydrogens is 396 g/mol. The molecule has 2 aromatic carbocycles. The molecule has 2 aromatic heterocycles. The van der Waals surface area contributed by atoms with Gasteiger partial charge in [-0.3, -0.25) is 19.0 Å². The molecule has 2 heterocycles. The number of anilines is 2. The Labute approximate surface area is 176 Å². The first-order valence-corrected chi connectivity index (χ1v) is 10.1. The van der Waals surface area contributed by atoms with E-state index in [1.807, 2.05) is 31.2 Å². The third-order valence-electron chi connectivity index (χ3n) is 5.39. The number of nitrogens with one attached hydrogen (secondary N) is 2. The van der Waals surface area contributed by atoms with Gasteiger partial charge in [0.05, 0.1) is 6.33 Å². The molecule has 8 nitrogen and oxygen atoms in total. The lowest BCUT2D eigenvalue weighted by atomic mass is 10.1. The molecule has 4 aromatic rings. The Balaban J connectivity index is 1.36. The van der Waals surface area contributed by atoms with Crippen molar-refractivity contribution in [1.29, 1.82) is 0 Å². The molecule has 156 valence electrons. The molecule has 1 saturated carbocycles. The molecule has 0 saturated heterocycles.